The molecule has 204 valence electrons. The molecule has 2 aromatic carbocycles. The van der Waals surface area contributed by atoms with E-state index in [1.165, 1.54) is 32.1 Å². The Morgan fingerprint density at radius 1 is 1.18 bits per heavy atom. The second-order valence-electron chi connectivity index (χ2n) is 9.90. The number of methoxy groups -OCH3 is 1. The number of hydrogen-bond donors (Lipinski definition) is 3. The van der Waals surface area contributed by atoms with E-state index in [9.17, 15) is 4.79 Å². The lowest BCUT2D eigenvalue weighted by atomic mass is 9.84. The van der Waals surface area contributed by atoms with Crippen molar-refractivity contribution in [2.24, 2.45) is 10.9 Å². The van der Waals surface area contributed by atoms with Crippen LogP contribution in [0.1, 0.15) is 62.2 Å². The number of aliphatic imine (C=N–C) groups is 1. The zero-order valence-electron chi connectivity index (χ0n) is 22.2. The van der Waals surface area contributed by atoms with Gasteiger partial charge in [-0.1, -0.05) is 37.5 Å². The number of ether oxygens (including phenoxy) is 3. The van der Waals surface area contributed by atoms with Gasteiger partial charge in [-0.3, -0.25) is 10.2 Å². The third-order valence-electron chi connectivity index (χ3n) is 7.20. The highest BCUT2D eigenvalue weighted by molar-refractivity contribution is 6.01. The van der Waals surface area contributed by atoms with E-state index < -0.39 is 11.6 Å². The van der Waals surface area contributed by atoms with Crippen LogP contribution in [0, 0.1) is 5.92 Å². The van der Waals surface area contributed by atoms with E-state index in [4.69, 9.17) is 24.3 Å². The summed E-state index contributed by atoms with van der Waals surface area (Å²) in [6.07, 6.45) is 8.01. The van der Waals surface area contributed by atoms with Gasteiger partial charge in [0, 0.05) is 31.6 Å². The SMILES string of the molecule is C=CC[C@]1(C(=O)NNCC2CCCCC2)N=C(c2ccc(OCCCO)cc2)O[C@H]1c1cccc(OC)c1. The summed E-state index contributed by atoms with van der Waals surface area (Å²) >= 11 is 0. The second-order valence-corrected chi connectivity index (χ2v) is 9.90. The van der Waals surface area contributed by atoms with Gasteiger partial charge < -0.3 is 19.3 Å². The minimum atomic E-state index is -1.25. The van der Waals surface area contributed by atoms with E-state index in [1.54, 1.807) is 13.2 Å². The van der Waals surface area contributed by atoms with Crippen LogP contribution in [0.5, 0.6) is 11.5 Å². The van der Waals surface area contributed by atoms with Crippen molar-refractivity contribution < 1.29 is 24.1 Å². The molecule has 0 spiro atoms. The van der Waals surface area contributed by atoms with Gasteiger partial charge in [0.25, 0.3) is 5.91 Å². The molecule has 8 heteroatoms. The number of hydrogen-bond acceptors (Lipinski definition) is 7. The van der Waals surface area contributed by atoms with Crippen LogP contribution in [0.4, 0.5) is 0 Å². The molecule has 0 unspecified atom stereocenters. The number of hydrazine groups is 1. The summed E-state index contributed by atoms with van der Waals surface area (Å²) in [5.74, 6) is 2.04. The van der Waals surface area contributed by atoms with Crippen molar-refractivity contribution in [2.45, 2.75) is 56.6 Å². The number of carbonyl (C=O) groups excluding carboxylic acids is 1. The third kappa shape index (κ3) is 6.55. The summed E-state index contributed by atoms with van der Waals surface area (Å²) in [5.41, 5.74) is 6.39. The zero-order chi connectivity index (χ0) is 26.8. The van der Waals surface area contributed by atoms with Crippen molar-refractivity contribution in [1.29, 1.82) is 0 Å². The molecule has 1 amide bonds. The molecular formula is C30H39N3O5. The van der Waals surface area contributed by atoms with Crippen molar-refractivity contribution in [3.8, 4) is 11.5 Å². The lowest BCUT2D eigenvalue weighted by Crippen LogP contribution is -2.53. The fraction of sp³-hybridized carbons (Fsp3) is 0.467. The number of aliphatic hydroxyl groups excluding tert-OH is 1. The summed E-state index contributed by atoms with van der Waals surface area (Å²) in [6, 6.07) is 14.9. The molecule has 0 radical (unpaired) electrons. The molecule has 1 aliphatic heterocycles. The van der Waals surface area contributed by atoms with Crippen molar-refractivity contribution in [2.75, 3.05) is 26.9 Å². The van der Waals surface area contributed by atoms with Gasteiger partial charge in [0.05, 0.1) is 13.7 Å². The molecule has 0 saturated heterocycles. The van der Waals surface area contributed by atoms with Gasteiger partial charge >= 0.3 is 0 Å². The lowest BCUT2D eigenvalue weighted by Gasteiger charge is -2.30. The largest absolute Gasteiger partial charge is 0.497 e. The van der Waals surface area contributed by atoms with E-state index in [2.05, 4.69) is 17.4 Å². The van der Waals surface area contributed by atoms with Crippen LogP contribution >= 0.6 is 0 Å². The smallest absolute Gasteiger partial charge is 0.266 e. The lowest BCUT2D eigenvalue weighted by molar-refractivity contribution is -0.130. The van der Waals surface area contributed by atoms with Crippen LogP contribution in [-0.2, 0) is 9.53 Å². The first-order valence-corrected chi connectivity index (χ1v) is 13.5. The first-order valence-electron chi connectivity index (χ1n) is 13.5. The highest BCUT2D eigenvalue weighted by atomic mass is 16.5. The number of benzene rings is 2. The van der Waals surface area contributed by atoms with Gasteiger partial charge in [0.1, 0.15) is 11.5 Å². The Bertz CT molecular complexity index is 1100. The molecular weight excluding hydrogens is 482 g/mol. The average molecular weight is 522 g/mol. The molecule has 3 N–H and O–H groups in total. The molecule has 2 atom stereocenters. The highest BCUT2D eigenvalue weighted by Gasteiger charge is 2.52. The summed E-state index contributed by atoms with van der Waals surface area (Å²) < 4.78 is 17.5. The van der Waals surface area contributed by atoms with Gasteiger partial charge in [-0.2, -0.15) is 0 Å². The Morgan fingerprint density at radius 3 is 2.68 bits per heavy atom. The molecule has 0 aromatic heterocycles. The average Bonchev–Trinajstić information content (AvgIpc) is 3.35. The minimum absolute atomic E-state index is 0.0807. The molecule has 38 heavy (non-hydrogen) atoms. The van der Waals surface area contributed by atoms with Crippen LogP contribution in [0.25, 0.3) is 0 Å². The monoisotopic (exact) mass is 521 g/mol. The predicted octanol–water partition coefficient (Wildman–Crippen LogP) is 4.49. The summed E-state index contributed by atoms with van der Waals surface area (Å²) in [5, 5.41) is 8.98. The number of amides is 1. The maximum Gasteiger partial charge on any atom is 0.266 e. The van der Waals surface area contributed by atoms with E-state index in [0.29, 0.717) is 36.3 Å². The Hall–Kier alpha value is -3.36. The van der Waals surface area contributed by atoms with Crippen LogP contribution in [0.3, 0.4) is 0 Å². The van der Waals surface area contributed by atoms with Crippen molar-refractivity contribution in [3.63, 3.8) is 0 Å². The molecule has 1 saturated carbocycles. The molecule has 1 heterocycles. The maximum absolute atomic E-state index is 13.8. The quantitative estimate of drug-likeness (QED) is 0.204. The Kier molecular flexibility index (Phi) is 9.79. The van der Waals surface area contributed by atoms with E-state index >= 15 is 0 Å². The second kappa shape index (κ2) is 13.4. The molecule has 2 aliphatic rings. The van der Waals surface area contributed by atoms with Crippen LogP contribution in [-0.4, -0.2) is 49.3 Å². The minimum Gasteiger partial charge on any atom is -0.497 e. The molecule has 1 fully saturated rings. The number of nitrogens with zero attached hydrogens (tertiary/aromatic N) is 1. The first kappa shape index (κ1) is 27.7. The predicted molar refractivity (Wildman–Crippen MR) is 147 cm³/mol. The van der Waals surface area contributed by atoms with Crippen LogP contribution in [0.15, 0.2) is 66.2 Å². The summed E-state index contributed by atoms with van der Waals surface area (Å²) in [4.78, 5) is 18.8. The standard InChI is InChI=1S/C30H39N3O5/c1-3-17-30(29(35)33-31-21-22-9-5-4-6-10-22)27(24-11-7-12-26(20-24)36-2)38-28(32-30)23-13-15-25(16-14-23)37-19-8-18-34/h3,7,11-16,20,22,27,31,34H,1,4-6,8-10,17-19,21H2,2H3,(H,33,35)/t27-,30-/m0/s1. The molecule has 8 nitrogen and oxygen atoms in total. The van der Waals surface area contributed by atoms with Crippen LogP contribution in [0.2, 0.25) is 0 Å². The van der Waals surface area contributed by atoms with Crippen molar-refractivity contribution in [3.05, 3.63) is 72.3 Å². The molecule has 0 bridgehead atoms. The van der Waals surface area contributed by atoms with Gasteiger partial charge in [0.15, 0.2) is 11.6 Å². The molecule has 2 aromatic rings. The number of carbonyl (C=O) groups is 1. The van der Waals surface area contributed by atoms with Gasteiger partial charge in [-0.15, -0.1) is 6.58 Å². The molecule has 1 aliphatic carbocycles. The number of nitrogens with one attached hydrogen (secondary N) is 2. The molecule has 4 rings (SSSR count). The van der Waals surface area contributed by atoms with E-state index in [0.717, 1.165) is 17.7 Å². The fourth-order valence-corrected chi connectivity index (χ4v) is 5.11. The first-order chi connectivity index (χ1) is 18.6. The maximum atomic E-state index is 13.8. The van der Waals surface area contributed by atoms with Gasteiger partial charge in [-0.25, -0.2) is 10.4 Å². The van der Waals surface area contributed by atoms with Gasteiger partial charge in [-0.05, 0) is 60.7 Å². The Labute approximate surface area is 225 Å². The third-order valence-corrected chi connectivity index (χ3v) is 7.20. The van der Waals surface area contributed by atoms with Crippen molar-refractivity contribution in [1.82, 2.24) is 10.9 Å². The van der Waals surface area contributed by atoms with E-state index in [1.807, 2.05) is 48.5 Å². The van der Waals surface area contributed by atoms with Crippen molar-refractivity contribution >= 4 is 11.8 Å². The summed E-state index contributed by atoms with van der Waals surface area (Å²) in [7, 11) is 1.61. The summed E-state index contributed by atoms with van der Waals surface area (Å²) in [6.45, 7) is 5.17. The zero-order valence-corrected chi connectivity index (χ0v) is 22.2. The Morgan fingerprint density at radius 2 is 1.97 bits per heavy atom. The topological polar surface area (TPSA) is 101 Å². The highest BCUT2D eigenvalue weighted by Crippen LogP contribution is 2.43. The Balaban J connectivity index is 1.60. The fourth-order valence-electron chi connectivity index (χ4n) is 5.11. The number of rotatable bonds is 13. The van der Waals surface area contributed by atoms with E-state index in [-0.39, 0.29) is 18.9 Å². The van der Waals surface area contributed by atoms with Crippen LogP contribution < -0.4 is 20.3 Å². The van der Waals surface area contributed by atoms with Gasteiger partial charge in [0.2, 0.25) is 5.90 Å². The normalized spacial score (nSPS) is 21.3. The number of aliphatic hydroxyl groups is 1.